The quantitative estimate of drug-likeness (QED) is 0.521. The van der Waals surface area contributed by atoms with Crippen LogP contribution in [0.4, 0.5) is 5.69 Å². The van der Waals surface area contributed by atoms with Crippen LogP contribution in [-0.2, 0) is 14.8 Å². The molecule has 0 saturated heterocycles. The maximum Gasteiger partial charge on any atom is 0.325 e. The number of nitrogens with zero attached hydrogens (tertiary/aromatic N) is 1. The van der Waals surface area contributed by atoms with E-state index in [1.54, 1.807) is 60.7 Å². The Morgan fingerprint density at radius 1 is 0.903 bits per heavy atom. The van der Waals surface area contributed by atoms with Crippen LogP contribution in [0.15, 0.2) is 89.8 Å². The van der Waals surface area contributed by atoms with Gasteiger partial charge < -0.3 is 15.3 Å². The number of carboxylic acid groups (broad SMARTS) is 1. The van der Waals surface area contributed by atoms with Crippen LogP contribution in [0.1, 0.15) is 17.3 Å². The van der Waals surface area contributed by atoms with Crippen LogP contribution in [0.5, 0.6) is 5.75 Å². The van der Waals surface area contributed by atoms with Gasteiger partial charge in [0.2, 0.25) is 0 Å². The van der Waals surface area contributed by atoms with Gasteiger partial charge in [-0.2, -0.15) is 8.42 Å². The van der Waals surface area contributed by atoms with Crippen LogP contribution >= 0.6 is 0 Å². The van der Waals surface area contributed by atoms with E-state index in [-0.39, 0.29) is 10.5 Å². The van der Waals surface area contributed by atoms with Crippen LogP contribution in [0.25, 0.3) is 0 Å². The van der Waals surface area contributed by atoms with Crippen molar-refractivity contribution in [3.8, 4) is 5.75 Å². The molecule has 0 radical (unpaired) electrons. The maximum atomic E-state index is 13.3. The molecule has 0 bridgehead atoms. The number of rotatable bonds is 8. The summed E-state index contributed by atoms with van der Waals surface area (Å²) in [5, 5.41) is 11.2. The predicted molar refractivity (Wildman–Crippen MR) is 114 cm³/mol. The second-order valence-electron chi connectivity index (χ2n) is 6.53. The van der Waals surface area contributed by atoms with Crippen LogP contribution in [-0.4, -0.2) is 31.4 Å². The van der Waals surface area contributed by atoms with E-state index in [0.29, 0.717) is 11.4 Å². The minimum Gasteiger partial charge on any atom is -0.480 e. The largest absolute Gasteiger partial charge is 0.480 e. The van der Waals surface area contributed by atoms with Gasteiger partial charge in [-0.25, -0.2) is 0 Å². The number of sulfonamides is 1. The summed E-state index contributed by atoms with van der Waals surface area (Å²) >= 11 is 0. The number of carbonyl (C=O) groups excluding carboxylic acids is 1. The van der Waals surface area contributed by atoms with Crippen LogP contribution in [0, 0.1) is 0 Å². The lowest BCUT2D eigenvalue weighted by Gasteiger charge is -2.24. The molecule has 0 aromatic heterocycles. The lowest BCUT2D eigenvalue weighted by Crippen LogP contribution is -2.38. The molecule has 160 valence electrons. The number of anilines is 1. The van der Waals surface area contributed by atoms with E-state index in [9.17, 15) is 18.0 Å². The highest BCUT2D eigenvalue weighted by Crippen LogP contribution is 2.26. The SMILES string of the molecule is CC(NC(=O)c1ccc(S(=O)(=O)N(Oc2ccccc2)c2ccccc2)cc1)C(=O)O. The van der Waals surface area contributed by atoms with Crippen LogP contribution < -0.4 is 14.6 Å². The first-order chi connectivity index (χ1) is 14.8. The van der Waals surface area contributed by atoms with Gasteiger partial charge in [-0.3, -0.25) is 9.59 Å². The average Bonchev–Trinajstić information content (AvgIpc) is 2.78. The fourth-order valence-corrected chi connectivity index (χ4v) is 3.84. The minimum absolute atomic E-state index is 0.102. The molecule has 1 unspecified atom stereocenters. The van der Waals surface area contributed by atoms with Crippen molar-refractivity contribution in [2.75, 3.05) is 4.47 Å². The lowest BCUT2D eigenvalue weighted by molar-refractivity contribution is -0.138. The van der Waals surface area contributed by atoms with E-state index in [4.69, 9.17) is 9.94 Å². The number of carboxylic acids is 1. The van der Waals surface area contributed by atoms with Crippen molar-refractivity contribution in [1.82, 2.24) is 5.32 Å². The van der Waals surface area contributed by atoms with Crippen LogP contribution in [0.2, 0.25) is 0 Å². The zero-order valence-corrected chi connectivity index (χ0v) is 17.3. The lowest BCUT2D eigenvalue weighted by atomic mass is 10.2. The summed E-state index contributed by atoms with van der Waals surface area (Å²) in [7, 11) is -4.15. The van der Waals surface area contributed by atoms with E-state index < -0.39 is 27.9 Å². The van der Waals surface area contributed by atoms with Crippen molar-refractivity contribution < 1.29 is 28.0 Å². The smallest absolute Gasteiger partial charge is 0.325 e. The van der Waals surface area contributed by atoms with E-state index >= 15 is 0 Å². The number of hydrogen-bond acceptors (Lipinski definition) is 5. The summed E-state index contributed by atoms with van der Waals surface area (Å²) in [5.74, 6) is -1.48. The molecule has 0 aliphatic carbocycles. The highest BCUT2D eigenvalue weighted by atomic mass is 32.2. The Balaban J connectivity index is 1.91. The van der Waals surface area contributed by atoms with Gasteiger partial charge in [0, 0.05) is 5.56 Å². The number of carbonyl (C=O) groups is 2. The van der Waals surface area contributed by atoms with E-state index in [0.717, 1.165) is 4.47 Å². The summed E-state index contributed by atoms with van der Waals surface area (Å²) in [5.41, 5.74) is 0.422. The summed E-state index contributed by atoms with van der Waals surface area (Å²) in [6.07, 6.45) is 0. The molecule has 2 N–H and O–H groups in total. The molecule has 3 aromatic rings. The summed E-state index contributed by atoms with van der Waals surface area (Å²) in [6, 6.07) is 20.8. The summed E-state index contributed by atoms with van der Waals surface area (Å²) in [4.78, 5) is 28.6. The Hall–Kier alpha value is -3.85. The molecule has 1 amide bonds. The third kappa shape index (κ3) is 5.20. The van der Waals surface area contributed by atoms with Crippen molar-refractivity contribution in [3.63, 3.8) is 0 Å². The van der Waals surface area contributed by atoms with Crippen LogP contribution in [0.3, 0.4) is 0 Å². The van der Waals surface area contributed by atoms with Gasteiger partial charge in [0.05, 0.1) is 10.6 Å². The molecule has 3 aromatic carbocycles. The molecule has 0 aliphatic heterocycles. The molecule has 31 heavy (non-hydrogen) atoms. The van der Waals surface area contributed by atoms with Crippen molar-refractivity contribution in [2.24, 2.45) is 0 Å². The fourth-order valence-electron chi connectivity index (χ4n) is 2.58. The van der Waals surface area contributed by atoms with Crippen molar-refractivity contribution in [3.05, 3.63) is 90.5 Å². The first-order valence-electron chi connectivity index (χ1n) is 9.26. The third-order valence-corrected chi connectivity index (χ3v) is 5.84. The fraction of sp³-hybridized carbons (Fsp3) is 0.0909. The van der Waals surface area contributed by atoms with Gasteiger partial charge >= 0.3 is 5.97 Å². The van der Waals surface area contributed by atoms with Gasteiger partial charge in [-0.15, -0.1) is 0 Å². The standard InChI is InChI=1S/C22H20N2O6S/c1-16(22(26)27)23-21(25)17-12-14-20(15-13-17)31(28,29)24(18-8-4-2-5-9-18)30-19-10-6-3-7-11-19/h2-16H,1H3,(H,23,25)(H,26,27). The number of amides is 1. The van der Waals surface area contributed by atoms with Crippen molar-refractivity contribution in [2.45, 2.75) is 17.9 Å². The average molecular weight is 440 g/mol. The number of aliphatic carboxylic acids is 1. The van der Waals surface area contributed by atoms with E-state index in [1.807, 2.05) is 0 Å². The molecule has 0 spiro atoms. The minimum atomic E-state index is -4.15. The molecular weight excluding hydrogens is 420 g/mol. The number of benzene rings is 3. The molecule has 0 heterocycles. The van der Waals surface area contributed by atoms with Crippen molar-refractivity contribution >= 4 is 27.6 Å². The van der Waals surface area contributed by atoms with Gasteiger partial charge in [-0.05, 0) is 55.5 Å². The molecule has 8 nitrogen and oxygen atoms in total. The normalized spacial score (nSPS) is 11.9. The number of hydrogen-bond donors (Lipinski definition) is 2. The molecule has 9 heteroatoms. The highest BCUT2D eigenvalue weighted by molar-refractivity contribution is 7.92. The first-order valence-corrected chi connectivity index (χ1v) is 10.7. The van der Waals surface area contributed by atoms with Gasteiger partial charge in [-0.1, -0.05) is 40.9 Å². The molecule has 1 atom stereocenters. The Morgan fingerprint density at radius 3 is 2.00 bits per heavy atom. The zero-order valence-electron chi connectivity index (χ0n) is 16.5. The second kappa shape index (κ2) is 9.31. The molecule has 0 saturated carbocycles. The molecule has 0 aliphatic rings. The first kappa shape index (κ1) is 21.8. The monoisotopic (exact) mass is 440 g/mol. The third-order valence-electron chi connectivity index (χ3n) is 4.25. The number of nitrogens with one attached hydrogen (secondary N) is 1. The highest BCUT2D eigenvalue weighted by Gasteiger charge is 2.28. The van der Waals surface area contributed by atoms with Crippen molar-refractivity contribution in [1.29, 1.82) is 0 Å². The number of para-hydroxylation sites is 2. The molecule has 3 rings (SSSR count). The van der Waals surface area contributed by atoms with Gasteiger partial charge in [0.15, 0.2) is 5.75 Å². The Morgan fingerprint density at radius 2 is 1.45 bits per heavy atom. The molecule has 0 fully saturated rings. The zero-order chi connectivity index (χ0) is 22.4. The summed E-state index contributed by atoms with van der Waals surface area (Å²) < 4.78 is 27.4. The second-order valence-corrected chi connectivity index (χ2v) is 8.28. The van der Waals surface area contributed by atoms with E-state index in [1.165, 1.54) is 31.2 Å². The van der Waals surface area contributed by atoms with Gasteiger partial charge in [0.25, 0.3) is 15.9 Å². The Kier molecular flexibility index (Phi) is 6.56. The predicted octanol–water partition coefficient (Wildman–Crippen LogP) is 3.08. The Labute approximate surface area is 179 Å². The van der Waals surface area contributed by atoms with E-state index in [2.05, 4.69) is 5.32 Å². The Bertz CT molecular complexity index is 1150. The van der Waals surface area contributed by atoms with Gasteiger partial charge in [0.1, 0.15) is 6.04 Å². The molecular formula is C22H20N2O6S. The topological polar surface area (TPSA) is 113 Å². The maximum absolute atomic E-state index is 13.3. The summed E-state index contributed by atoms with van der Waals surface area (Å²) in [6.45, 7) is 1.33.